The first kappa shape index (κ1) is 18.0. The number of β-amino-alcohol motifs (C(OH)–C–C–N with tert-alkyl or cyclic N) is 1. The van der Waals surface area contributed by atoms with Gasteiger partial charge in [0.05, 0.1) is 11.1 Å². The number of nitrogens with zero attached hydrogens (tertiary/aromatic N) is 5. The van der Waals surface area contributed by atoms with Crippen molar-refractivity contribution in [3.05, 3.63) is 53.0 Å². The largest absolute Gasteiger partial charge is 0.491 e. The van der Waals surface area contributed by atoms with Crippen LogP contribution in [0.25, 0.3) is 0 Å². The fourth-order valence-electron chi connectivity index (χ4n) is 2.82. The van der Waals surface area contributed by atoms with E-state index >= 15 is 0 Å². The Morgan fingerprint density at radius 1 is 1.19 bits per heavy atom. The Labute approximate surface area is 151 Å². The minimum absolute atomic E-state index is 0.0128. The molecule has 1 fully saturated rings. The molecule has 2 aromatic rings. The third-order valence-corrected chi connectivity index (χ3v) is 4.20. The number of nitro groups is 1. The summed E-state index contributed by atoms with van der Waals surface area (Å²) in [4.78, 5) is 22.9. The molecule has 0 bridgehead atoms. The summed E-state index contributed by atoms with van der Waals surface area (Å²) in [5.74, 6) is 1.37. The van der Waals surface area contributed by atoms with Crippen molar-refractivity contribution in [2.45, 2.75) is 6.10 Å². The van der Waals surface area contributed by atoms with Crippen molar-refractivity contribution in [3.63, 3.8) is 0 Å². The Balaban J connectivity index is 1.40. The molecule has 1 aliphatic heterocycles. The van der Waals surface area contributed by atoms with Gasteiger partial charge in [-0.2, -0.15) is 0 Å². The highest BCUT2D eigenvalue weighted by Crippen LogP contribution is 2.17. The number of nitro benzene ring substituents is 1. The van der Waals surface area contributed by atoms with E-state index in [2.05, 4.69) is 19.8 Å². The highest BCUT2D eigenvalue weighted by molar-refractivity contribution is 5.36. The second kappa shape index (κ2) is 8.54. The van der Waals surface area contributed by atoms with Gasteiger partial charge in [0.25, 0.3) is 5.69 Å². The first-order chi connectivity index (χ1) is 12.6. The fourth-order valence-corrected chi connectivity index (χ4v) is 2.82. The Morgan fingerprint density at radius 3 is 2.54 bits per heavy atom. The molecule has 3 rings (SSSR count). The zero-order valence-corrected chi connectivity index (χ0v) is 14.3. The van der Waals surface area contributed by atoms with Crippen LogP contribution in [-0.4, -0.2) is 70.3 Å². The van der Waals surface area contributed by atoms with Gasteiger partial charge in [0.1, 0.15) is 24.3 Å². The lowest BCUT2D eigenvalue weighted by Gasteiger charge is -2.35. The monoisotopic (exact) mass is 359 g/mol. The van der Waals surface area contributed by atoms with E-state index < -0.39 is 11.0 Å². The molecule has 138 valence electrons. The maximum absolute atomic E-state index is 10.6. The number of anilines is 1. The third kappa shape index (κ3) is 4.87. The molecule has 0 spiro atoms. The third-order valence-electron chi connectivity index (χ3n) is 4.20. The van der Waals surface area contributed by atoms with Gasteiger partial charge in [0, 0.05) is 57.3 Å². The van der Waals surface area contributed by atoms with Gasteiger partial charge >= 0.3 is 0 Å². The molecule has 1 aromatic heterocycles. The number of aliphatic hydroxyl groups excluding tert-OH is 1. The zero-order valence-electron chi connectivity index (χ0n) is 14.3. The molecule has 2 heterocycles. The molecule has 9 heteroatoms. The van der Waals surface area contributed by atoms with E-state index in [1.165, 1.54) is 24.3 Å². The van der Waals surface area contributed by atoms with Crippen LogP contribution < -0.4 is 9.64 Å². The molecule has 0 aliphatic carbocycles. The fraction of sp³-hybridized carbons (Fsp3) is 0.412. The molecule has 1 saturated heterocycles. The van der Waals surface area contributed by atoms with Crippen molar-refractivity contribution in [1.82, 2.24) is 14.9 Å². The summed E-state index contributed by atoms with van der Waals surface area (Å²) in [7, 11) is 0. The second-order valence-electron chi connectivity index (χ2n) is 6.07. The van der Waals surface area contributed by atoms with Gasteiger partial charge in [-0.1, -0.05) is 0 Å². The van der Waals surface area contributed by atoms with Crippen LogP contribution >= 0.6 is 0 Å². The Morgan fingerprint density at radius 2 is 1.92 bits per heavy atom. The summed E-state index contributed by atoms with van der Waals surface area (Å²) in [6.45, 7) is 3.96. The molecule has 1 N–H and O–H groups in total. The van der Waals surface area contributed by atoms with Crippen LogP contribution in [0.2, 0.25) is 0 Å². The highest BCUT2D eigenvalue weighted by atomic mass is 16.6. The lowest BCUT2D eigenvalue weighted by Crippen LogP contribution is -2.49. The van der Waals surface area contributed by atoms with Crippen LogP contribution in [0, 0.1) is 10.1 Å². The number of hydrogen-bond donors (Lipinski definition) is 1. The highest BCUT2D eigenvalue weighted by Gasteiger charge is 2.20. The van der Waals surface area contributed by atoms with Gasteiger partial charge in [-0.25, -0.2) is 4.98 Å². The van der Waals surface area contributed by atoms with Crippen LogP contribution in [0.5, 0.6) is 5.75 Å². The Hall–Kier alpha value is -2.78. The molecule has 1 aliphatic rings. The molecule has 1 atom stereocenters. The van der Waals surface area contributed by atoms with Gasteiger partial charge in [-0.15, -0.1) is 0 Å². The summed E-state index contributed by atoms with van der Waals surface area (Å²) in [5, 5.41) is 20.8. The zero-order chi connectivity index (χ0) is 18.4. The van der Waals surface area contributed by atoms with E-state index in [1.807, 2.05) is 0 Å². The standard InChI is InChI=1S/C17H21N5O4/c23-15(13-26-16-3-1-14(2-4-16)22(24)25)12-20-7-9-21(10-8-20)17-11-18-5-6-19-17/h1-6,11,15,23H,7-10,12-13H2. The van der Waals surface area contributed by atoms with Crippen LogP contribution in [-0.2, 0) is 0 Å². The van der Waals surface area contributed by atoms with E-state index in [0.717, 1.165) is 32.0 Å². The average Bonchev–Trinajstić information content (AvgIpc) is 2.68. The topological polar surface area (TPSA) is 105 Å². The second-order valence-corrected chi connectivity index (χ2v) is 6.07. The number of aliphatic hydroxyl groups is 1. The summed E-state index contributed by atoms with van der Waals surface area (Å²) in [6, 6.07) is 5.83. The van der Waals surface area contributed by atoms with Gasteiger partial charge < -0.3 is 14.7 Å². The number of rotatable bonds is 7. The molecule has 0 saturated carbocycles. The maximum atomic E-state index is 10.6. The smallest absolute Gasteiger partial charge is 0.269 e. The van der Waals surface area contributed by atoms with Gasteiger partial charge in [-0.05, 0) is 12.1 Å². The Kier molecular flexibility index (Phi) is 5.92. The lowest BCUT2D eigenvalue weighted by atomic mass is 10.2. The number of non-ortho nitro benzene ring substituents is 1. The molecule has 0 amide bonds. The summed E-state index contributed by atoms with van der Waals surface area (Å²) in [5.41, 5.74) is 0.0128. The number of ether oxygens (including phenoxy) is 1. The van der Waals surface area contributed by atoms with E-state index in [4.69, 9.17) is 4.74 Å². The summed E-state index contributed by atoms with van der Waals surface area (Å²) in [6.07, 6.45) is 4.46. The molecule has 9 nitrogen and oxygen atoms in total. The number of benzene rings is 1. The van der Waals surface area contributed by atoms with Gasteiger partial charge in [-0.3, -0.25) is 20.0 Å². The van der Waals surface area contributed by atoms with Crippen molar-refractivity contribution in [2.75, 3.05) is 44.2 Å². The molecular formula is C17H21N5O4. The quantitative estimate of drug-likeness (QED) is 0.575. The molecular weight excluding hydrogens is 338 g/mol. The normalized spacial score (nSPS) is 16.3. The summed E-state index contributed by atoms with van der Waals surface area (Å²) < 4.78 is 5.51. The first-order valence-electron chi connectivity index (χ1n) is 8.40. The van der Waals surface area contributed by atoms with Crippen molar-refractivity contribution in [1.29, 1.82) is 0 Å². The number of hydrogen-bond acceptors (Lipinski definition) is 8. The van der Waals surface area contributed by atoms with Crippen LogP contribution in [0.15, 0.2) is 42.9 Å². The van der Waals surface area contributed by atoms with Crippen LogP contribution in [0.1, 0.15) is 0 Å². The number of piperazine rings is 1. The minimum atomic E-state index is -0.631. The Bertz CT molecular complexity index is 705. The van der Waals surface area contributed by atoms with Crippen molar-refractivity contribution in [3.8, 4) is 5.75 Å². The van der Waals surface area contributed by atoms with Gasteiger partial charge in [0.15, 0.2) is 0 Å². The average molecular weight is 359 g/mol. The molecule has 0 radical (unpaired) electrons. The van der Waals surface area contributed by atoms with Crippen molar-refractivity contribution < 1.29 is 14.8 Å². The lowest BCUT2D eigenvalue weighted by molar-refractivity contribution is -0.384. The molecule has 1 aromatic carbocycles. The van der Waals surface area contributed by atoms with E-state index in [0.29, 0.717) is 12.3 Å². The van der Waals surface area contributed by atoms with E-state index in [1.54, 1.807) is 18.6 Å². The predicted molar refractivity (Wildman–Crippen MR) is 95.3 cm³/mol. The molecule has 26 heavy (non-hydrogen) atoms. The van der Waals surface area contributed by atoms with Crippen molar-refractivity contribution >= 4 is 11.5 Å². The van der Waals surface area contributed by atoms with Crippen LogP contribution in [0.4, 0.5) is 11.5 Å². The predicted octanol–water partition coefficient (Wildman–Crippen LogP) is 0.947. The first-order valence-corrected chi connectivity index (χ1v) is 8.40. The minimum Gasteiger partial charge on any atom is -0.491 e. The SMILES string of the molecule is O=[N+]([O-])c1ccc(OCC(O)CN2CCN(c3cnccn3)CC2)cc1. The van der Waals surface area contributed by atoms with Crippen LogP contribution in [0.3, 0.4) is 0 Å². The maximum Gasteiger partial charge on any atom is 0.269 e. The van der Waals surface area contributed by atoms with E-state index in [9.17, 15) is 15.2 Å². The van der Waals surface area contributed by atoms with Crippen molar-refractivity contribution in [2.24, 2.45) is 0 Å². The molecule has 1 unspecified atom stereocenters. The van der Waals surface area contributed by atoms with E-state index in [-0.39, 0.29) is 12.3 Å². The number of aromatic nitrogens is 2. The summed E-state index contributed by atoms with van der Waals surface area (Å²) >= 11 is 0. The van der Waals surface area contributed by atoms with Gasteiger partial charge in [0.2, 0.25) is 0 Å².